The summed E-state index contributed by atoms with van der Waals surface area (Å²) in [4.78, 5) is 14.1. The summed E-state index contributed by atoms with van der Waals surface area (Å²) in [7, 11) is 0. The molecule has 17 heavy (non-hydrogen) atoms. The Bertz CT molecular complexity index is 439. The van der Waals surface area contributed by atoms with Crippen LogP contribution in [-0.2, 0) is 0 Å². The quantitative estimate of drug-likeness (QED) is 0.861. The fourth-order valence-electron chi connectivity index (χ4n) is 1.96. The van der Waals surface area contributed by atoms with Gasteiger partial charge in [0.05, 0.1) is 5.56 Å². The van der Waals surface area contributed by atoms with E-state index in [0.29, 0.717) is 16.6 Å². The monoisotopic (exact) mass is 300 g/mol. The minimum absolute atomic E-state index is 0.0501. The Morgan fingerprint density at radius 3 is 3.00 bits per heavy atom. The summed E-state index contributed by atoms with van der Waals surface area (Å²) in [5.74, 6) is -0.396. The Labute approximate surface area is 108 Å². The van der Waals surface area contributed by atoms with Crippen molar-refractivity contribution in [1.82, 2.24) is 10.2 Å². The molecule has 3 nitrogen and oxygen atoms in total. The van der Waals surface area contributed by atoms with Gasteiger partial charge in [-0.15, -0.1) is 0 Å². The van der Waals surface area contributed by atoms with Crippen LogP contribution in [0.25, 0.3) is 0 Å². The molecule has 1 amide bonds. The Morgan fingerprint density at radius 1 is 1.59 bits per heavy atom. The number of hydrogen-bond donors (Lipinski definition) is 1. The molecule has 1 aliphatic rings. The lowest BCUT2D eigenvalue weighted by molar-refractivity contribution is 0.0655. The standard InChI is InChI=1S/C12H14BrFN2O/c1-8-7-15-4-5-16(8)12(17)10-3-2-9(14)6-11(10)13/h2-3,6,8,15H,4-5,7H2,1H3/t8-/m0/s1. The number of nitrogens with zero attached hydrogens (tertiary/aromatic N) is 1. The van der Waals surface area contributed by atoms with Gasteiger partial charge in [-0.3, -0.25) is 4.79 Å². The van der Waals surface area contributed by atoms with Crippen LogP contribution in [0.1, 0.15) is 17.3 Å². The number of carbonyl (C=O) groups is 1. The van der Waals surface area contributed by atoms with Gasteiger partial charge in [-0.05, 0) is 41.1 Å². The minimum Gasteiger partial charge on any atom is -0.333 e. The number of hydrogen-bond acceptors (Lipinski definition) is 2. The van der Waals surface area contributed by atoms with Crippen LogP contribution >= 0.6 is 15.9 Å². The summed E-state index contributed by atoms with van der Waals surface area (Å²) < 4.78 is 13.5. The maximum absolute atomic E-state index is 13.0. The lowest BCUT2D eigenvalue weighted by Gasteiger charge is -2.34. The average molecular weight is 301 g/mol. The fraction of sp³-hybridized carbons (Fsp3) is 0.417. The number of nitrogens with one attached hydrogen (secondary N) is 1. The SMILES string of the molecule is C[C@H]1CNCCN1C(=O)c1ccc(F)cc1Br. The highest BCUT2D eigenvalue weighted by molar-refractivity contribution is 9.10. The van der Waals surface area contributed by atoms with E-state index < -0.39 is 0 Å². The van der Waals surface area contributed by atoms with Gasteiger partial charge >= 0.3 is 0 Å². The molecule has 92 valence electrons. The van der Waals surface area contributed by atoms with E-state index in [1.165, 1.54) is 18.2 Å². The highest BCUT2D eigenvalue weighted by Gasteiger charge is 2.25. The van der Waals surface area contributed by atoms with Crippen LogP contribution in [0.2, 0.25) is 0 Å². The van der Waals surface area contributed by atoms with E-state index in [2.05, 4.69) is 21.2 Å². The molecule has 0 aromatic heterocycles. The second-order valence-electron chi connectivity index (χ2n) is 4.18. The summed E-state index contributed by atoms with van der Waals surface area (Å²) in [5, 5.41) is 3.23. The van der Waals surface area contributed by atoms with Crippen molar-refractivity contribution >= 4 is 21.8 Å². The van der Waals surface area contributed by atoms with Crippen molar-refractivity contribution < 1.29 is 9.18 Å². The van der Waals surface area contributed by atoms with Crippen molar-refractivity contribution in [1.29, 1.82) is 0 Å². The summed E-state index contributed by atoms with van der Waals surface area (Å²) >= 11 is 3.23. The number of halogens is 2. The highest BCUT2D eigenvalue weighted by Crippen LogP contribution is 2.21. The van der Waals surface area contributed by atoms with Gasteiger partial charge < -0.3 is 10.2 Å². The van der Waals surface area contributed by atoms with Gasteiger partial charge in [-0.2, -0.15) is 0 Å². The molecule has 1 aromatic carbocycles. The zero-order valence-corrected chi connectivity index (χ0v) is 11.1. The maximum atomic E-state index is 13.0. The molecular weight excluding hydrogens is 287 g/mol. The van der Waals surface area contributed by atoms with E-state index >= 15 is 0 Å². The maximum Gasteiger partial charge on any atom is 0.255 e. The number of rotatable bonds is 1. The Balaban J connectivity index is 2.24. The molecule has 1 N–H and O–H groups in total. The van der Waals surface area contributed by atoms with E-state index in [9.17, 15) is 9.18 Å². The van der Waals surface area contributed by atoms with Gasteiger partial charge in [-0.1, -0.05) is 0 Å². The molecule has 1 saturated heterocycles. The van der Waals surface area contributed by atoms with E-state index in [1.54, 1.807) is 0 Å². The third-order valence-corrected chi connectivity index (χ3v) is 3.58. The molecule has 2 rings (SSSR count). The molecule has 1 aromatic rings. The summed E-state index contributed by atoms with van der Waals surface area (Å²) in [6.07, 6.45) is 0. The van der Waals surface area contributed by atoms with Gasteiger partial charge in [0.2, 0.25) is 0 Å². The van der Waals surface area contributed by atoms with Gasteiger partial charge in [0.15, 0.2) is 0 Å². The molecular formula is C12H14BrFN2O. The zero-order chi connectivity index (χ0) is 12.4. The molecule has 1 fully saturated rings. The topological polar surface area (TPSA) is 32.3 Å². The van der Waals surface area contributed by atoms with Crippen LogP contribution in [0.15, 0.2) is 22.7 Å². The largest absolute Gasteiger partial charge is 0.333 e. The first kappa shape index (κ1) is 12.5. The number of amides is 1. The van der Waals surface area contributed by atoms with Crippen molar-refractivity contribution in [3.05, 3.63) is 34.1 Å². The lowest BCUT2D eigenvalue weighted by Crippen LogP contribution is -2.52. The third kappa shape index (κ3) is 2.66. The van der Waals surface area contributed by atoms with Crippen LogP contribution in [0.5, 0.6) is 0 Å². The molecule has 5 heteroatoms. The summed E-state index contributed by atoms with van der Waals surface area (Å²) in [5.41, 5.74) is 0.514. The van der Waals surface area contributed by atoms with E-state index in [1.807, 2.05) is 11.8 Å². The van der Waals surface area contributed by atoms with E-state index in [4.69, 9.17) is 0 Å². The van der Waals surface area contributed by atoms with Crippen LogP contribution < -0.4 is 5.32 Å². The lowest BCUT2D eigenvalue weighted by atomic mass is 10.1. The number of benzene rings is 1. The van der Waals surface area contributed by atoms with Gasteiger partial charge in [0.1, 0.15) is 5.82 Å². The predicted octanol–water partition coefficient (Wildman–Crippen LogP) is 2.02. The number of carbonyl (C=O) groups excluding carboxylic acids is 1. The first-order valence-electron chi connectivity index (χ1n) is 5.56. The second kappa shape index (κ2) is 5.14. The van der Waals surface area contributed by atoms with Crippen LogP contribution in [0.4, 0.5) is 4.39 Å². The Morgan fingerprint density at radius 2 is 2.35 bits per heavy atom. The second-order valence-corrected chi connectivity index (χ2v) is 5.03. The summed E-state index contributed by atoms with van der Waals surface area (Å²) in [6, 6.07) is 4.31. The molecule has 0 saturated carbocycles. The predicted molar refractivity (Wildman–Crippen MR) is 67.5 cm³/mol. The van der Waals surface area contributed by atoms with Crippen molar-refractivity contribution in [3.63, 3.8) is 0 Å². The van der Waals surface area contributed by atoms with Gasteiger partial charge in [-0.25, -0.2) is 4.39 Å². The Hall–Kier alpha value is -0.940. The normalized spacial score (nSPS) is 20.4. The van der Waals surface area contributed by atoms with E-state index in [0.717, 1.165) is 13.1 Å². The smallest absolute Gasteiger partial charge is 0.255 e. The minimum atomic E-state index is -0.346. The van der Waals surface area contributed by atoms with Gasteiger partial charge in [0.25, 0.3) is 5.91 Å². The van der Waals surface area contributed by atoms with Crippen LogP contribution in [0, 0.1) is 5.82 Å². The van der Waals surface area contributed by atoms with Crippen molar-refractivity contribution in [2.24, 2.45) is 0 Å². The average Bonchev–Trinajstić information content (AvgIpc) is 2.29. The highest BCUT2D eigenvalue weighted by atomic mass is 79.9. The molecule has 0 bridgehead atoms. The Kier molecular flexibility index (Phi) is 3.79. The molecule has 0 unspecified atom stereocenters. The first-order chi connectivity index (χ1) is 8.09. The molecule has 0 spiro atoms. The van der Waals surface area contributed by atoms with Crippen molar-refractivity contribution in [2.45, 2.75) is 13.0 Å². The number of piperazine rings is 1. The molecule has 1 heterocycles. The third-order valence-electron chi connectivity index (χ3n) is 2.92. The van der Waals surface area contributed by atoms with Crippen molar-refractivity contribution in [2.75, 3.05) is 19.6 Å². The van der Waals surface area contributed by atoms with E-state index in [-0.39, 0.29) is 17.8 Å². The van der Waals surface area contributed by atoms with Gasteiger partial charge in [0, 0.05) is 30.1 Å². The molecule has 0 radical (unpaired) electrons. The molecule has 1 aliphatic heterocycles. The van der Waals surface area contributed by atoms with Crippen molar-refractivity contribution in [3.8, 4) is 0 Å². The first-order valence-corrected chi connectivity index (χ1v) is 6.35. The van der Waals surface area contributed by atoms with Crippen LogP contribution in [0.3, 0.4) is 0 Å². The molecule has 0 aliphatic carbocycles. The summed E-state index contributed by atoms with van der Waals surface area (Å²) in [6.45, 7) is 4.28. The van der Waals surface area contributed by atoms with Crippen LogP contribution in [-0.4, -0.2) is 36.5 Å². The zero-order valence-electron chi connectivity index (χ0n) is 9.54. The fourth-order valence-corrected chi connectivity index (χ4v) is 2.48. The molecule has 1 atom stereocenters.